The molecule has 1 atom stereocenters. The molecule has 0 aromatic carbocycles. The normalized spacial score (nSPS) is 18.6. The first-order valence-electron chi connectivity index (χ1n) is 9.56. The summed E-state index contributed by atoms with van der Waals surface area (Å²) in [7, 11) is -3.87. The Morgan fingerprint density at radius 2 is 2.06 bits per heavy atom. The molecular formula is C18H19N5O6S3. The van der Waals surface area contributed by atoms with Gasteiger partial charge in [-0.3, -0.25) is 24.5 Å². The van der Waals surface area contributed by atoms with Crippen LogP contribution in [0.25, 0.3) is 0 Å². The van der Waals surface area contributed by atoms with Crippen LogP contribution in [0.4, 0.5) is 5.13 Å². The molecule has 14 heteroatoms. The number of thiazole rings is 1. The van der Waals surface area contributed by atoms with Crippen LogP contribution in [0.2, 0.25) is 0 Å². The van der Waals surface area contributed by atoms with Gasteiger partial charge in [-0.2, -0.15) is 0 Å². The quantitative estimate of drug-likeness (QED) is 0.497. The van der Waals surface area contributed by atoms with E-state index >= 15 is 0 Å². The molecule has 3 N–H and O–H groups in total. The number of nitrogens with zero attached hydrogens (tertiary/aromatic N) is 2. The first-order valence-corrected chi connectivity index (χ1v) is 12.7. The molecule has 0 saturated carbocycles. The highest BCUT2D eigenvalue weighted by molar-refractivity contribution is 7.91. The fourth-order valence-electron chi connectivity index (χ4n) is 3.56. The predicted molar refractivity (Wildman–Crippen MR) is 116 cm³/mol. The largest absolute Gasteiger partial charge is 0.321 e. The Balaban J connectivity index is 1.43. The lowest BCUT2D eigenvalue weighted by molar-refractivity contribution is -0.137. The van der Waals surface area contributed by atoms with E-state index in [1.54, 1.807) is 6.07 Å². The number of sulfonamides is 1. The van der Waals surface area contributed by atoms with E-state index in [-0.39, 0.29) is 58.7 Å². The van der Waals surface area contributed by atoms with Gasteiger partial charge in [0.25, 0.3) is 15.9 Å². The Morgan fingerprint density at radius 3 is 2.72 bits per heavy atom. The summed E-state index contributed by atoms with van der Waals surface area (Å²) in [6.07, 6.45) is 0.466. The van der Waals surface area contributed by atoms with Gasteiger partial charge in [0.1, 0.15) is 6.04 Å². The van der Waals surface area contributed by atoms with Gasteiger partial charge in [-0.25, -0.2) is 18.1 Å². The summed E-state index contributed by atoms with van der Waals surface area (Å²) in [5.74, 6) is -1.47. The highest BCUT2D eigenvalue weighted by Gasteiger charge is 2.40. The smallest absolute Gasteiger partial charge is 0.265 e. The van der Waals surface area contributed by atoms with Gasteiger partial charge in [0.2, 0.25) is 17.7 Å². The Kier molecular flexibility index (Phi) is 5.87. The molecule has 1 unspecified atom stereocenters. The van der Waals surface area contributed by atoms with Crippen molar-refractivity contribution >= 4 is 61.5 Å². The summed E-state index contributed by atoms with van der Waals surface area (Å²) in [6.45, 7) is 3.07. The molecule has 1 fully saturated rings. The van der Waals surface area contributed by atoms with Gasteiger partial charge in [-0.05, 0) is 25.0 Å². The van der Waals surface area contributed by atoms with E-state index in [1.807, 2.05) is 0 Å². The van der Waals surface area contributed by atoms with Crippen LogP contribution in [0.3, 0.4) is 0 Å². The van der Waals surface area contributed by atoms with Crippen LogP contribution in [0, 0.1) is 6.92 Å². The van der Waals surface area contributed by atoms with Crippen molar-refractivity contribution in [3.63, 3.8) is 0 Å². The standard InChI is InChI=1S/C18H19N5O6S3/c1-8-17(31-18(20-8)21-9(2)24)32(28,29)19-6-11-5-10-7-23(16(27)14(10)30-11)12-3-4-13(25)22-15(12)26/h5,12,19H,3-4,6-7H2,1-2H3,(H,20,21,24)(H,22,25,26). The predicted octanol–water partition coefficient (Wildman–Crippen LogP) is 0.711. The molecule has 170 valence electrons. The van der Waals surface area contributed by atoms with Crippen LogP contribution in [-0.4, -0.2) is 48.0 Å². The third-order valence-corrected chi connectivity index (χ3v) is 9.21. The number of carbonyl (C=O) groups is 4. The number of fused-ring (bicyclic) bond motifs is 1. The number of hydrogen-bond donors (Lipinski definition) is 3. The molecule has 2 aromatic rings. The van der Waals surface area contributed by atoms with Crippen LogP contribution < -0.4 is 15.4 Å². The molecular weight excluding hydrogens is 478 g/mol. The molecule has 2 aliphatic heterocycles. The fraction of sp³-hybridized carbons (Fsp3) is 0.389. The molecule has 2 aliphatic rings. The number of carbonyl (C=O) groups excluding carboxylic acids is 4. The van der Waals surface area contributed by atoms with Gasteiger partial charge in [0.15, 0.2) is 9.34 Å². The molecule has 0 radical (unpaired) electrons. The Bertz CT molecular complexity index is 1250. The number of imide groups is 1. The van der Waals surface area contributed by atoms with Crippen molar-refractivity contribution < 1.29 is 27.6 Å². The minimum absolute atomic E-state index is 0.00505. The summed E-state index contributed by atoms with van der Waals surface area (Å²) in [4.78, 5) is 54.0. The number of thiophene rings is 1. The number of aromatic nitrogens is 1. The van der Waals surface area contributed by atoms with E-state index in [4.69, 9.17) is 0 Å². The molecule has 32 heavy (non-hydrogen) atoms. The number of hydrogen-bond acceptors (Lipinski definition) is 9. The maximum atomic E-state index is 12.8. The monoisotopic (exact) mass is 497 g/mol. The fourth-order valence-corrected chi connectivity index (χ4v) is 7.22. The molecule has 0 aliphatic carbocycles. The number of piperidine rings is 1. The number of nitrogens with one attached hydrogen (secondary N) is 3. The van der Waals surface area contributed by atoms with Gasteiger partial charge < -0.3 is 10.2 Å². The lowest BCUT2D eigenvalue weighted by atomic mass is 10.0. The summed E-state index contributed by atoms with van der Waals surface area (Å²) in [5.41, 5.74) is 0.996. The third-order valence-electron chi connectivity index (χ3n) is 4.96. The van der Waals surface area contributed by atoms with E-state index in [9.17, 15) is 27.6 Å². The second kappa shape index (κ2) is 8.35. The van der Waals surface area contributed by atoms with Crippen LogP contribution in [0.1, 0.15) is 45.6 Å². The Labute approximate surface area is 191 Å². The van der Waals surface area contributed by atoms with Crippen LogP contribution in [0.5, 0.6) is 0 Å². The maximum Gasteiger partial charge on any atom is 0.265 e. The number of amides is 4. The SMILES string of the molecule is CC(=O)Nc1nc(C)c(S(=O)(=O)NCc2cc3c(s2)C(=O)N(C2CCC(=O)NC2=O)C3)s1. The van der Waals surface area contributed by atoms with Gasteiger partial charge in [0.05, 0.1) is 10.6 Å². The molecule has 1 saturated heterocycles. The van der Waals surface area contributed by atoms with E-state index in [0.29, 0.717) is 9.75 Å². The topological polar surface area (TPSA) is 155 Å². The van der Waals surface area contributed by atoms with Crippen molar-refractivity contribution in [1.29, 1.82) is 0 Å². The first kappa shape index (κ1) is 22.5. The zero-order valence-corrected chi connectivity index (χ0v) is 19.5. The van der Waals surface area contributed by atoms with E-state index in [1.165, 1.54) is 30.1 Å². The molecule has 0 spiro atoms. The van der Waals surface area contributed by atoms with Crippen molar-refractivity contribution in [3.05, 3.63) is 27.1 Å². The molecule has 0 bridgehead atoms. The molecule has 4 heterocycles. The zero-order chi connectivity index (χ0) is 23.2. The van der Waals surface area contributed by atoms with Crippen molar-refractivity contribution in [2.45, 2.75) is 50.0 Å². The van der Waals surface area contributed by atoms with Crippen molar-refractivity contribution in [2.24, 2.45) is 0 Å². The van der Waals surface area contributed by atoms with E-state index < -0.39 is 22.0 Å². The van der Waals surface area contributed by atoms with Gasteiger partial charge in [0, 0.05) is 31.3 Å². The van der Waals surface area contributed by atoms with E-state index in [2.05, 4.69) is 20.3 Å². The number of anilines is 1. The molecule has 4 amide bonds. The average molecular weight is 498 g/mol. The van der Waals surface area contributed by atoms with Crippen molar-refractivity contribution in [3.8, 4) is 0 Å². The Morgan fingerprint density at radius 1 is 1.31 bits per heavy atom. The molecule has 4 rings (SSSR count). The van der Waals surface area contributed by atoms with Crippen molar-refractivity contribution in [1.82, 2.24) is 19.9 Å². The number of rotatable bonds is 6. The molecule has 11 nitrogen and oxygen atoms in total. The maximum absolute atomic E-state index is 12.8. The Hall–Kier alpha value is -2.68. The minimum Gasteiger partial charge on any atom is -0.321 e. The van der Waals surface area contributed by atoms with Gasteiger partial charge in [-0.1, -0.05) is 11.3 Å². The highest BCUT2D eigenvalue weighted by Crippen LogP contribution is 2.34. The first-order chi connectivity index (χ1) is 15.0. The lowest BCUT2D eigenvalue weighted by Gasteiger charge is -2.29. The van der Waals surface area contributed by atoms with Crippen LogP contribution >= 0.6 is 22.7 Å². The van der Waals surface area contributed by atoms with Crippen LogP contribution in [0.15, 0.2) is 10.3 Å². The van der Waals surface area contributed by atoms with Gasteiger partial charge >= 0.3 is 0 Å². The minimum atomic E-state index is -3.87. The molecule has 2 aromatic heterocycles. The summed E-state index contributed by atoms with van der Waals surface area (Å²) in [5, 5.41) is 4.92. The van der Waals surface area contributed by atoms with E-state index in [0.717, 1.165) is 16.9 Å². The summed E-state index contributed by atoms with van der Waals surface area (Å²) < 4.78 is 27.9. The second-order valence-electron chi connectivity index (χ2n) is 7.36. The van der Waals surface area contributed by atoms with Crippen LogP contribution in [-0.2, 0) is 37.5 Å². The lowest BCUT2D eigenvalue weighted by Crippen LogP contribution is -2.52. The highest BCUT2D eigenvalue weighted by atomic mass is 32.2. The zero-order valence-electron chi connectivity index (χ0n) is 17.1. The average Bonchev–Trinajstić information content (AvgIpc) is 3.35. The van der Waals surface area contributed by atoms with Crippen molar-refractivity contribution in [2.75, 3.05) is 5.32 Å². The second-order valence-corrected chi connectivity index (χ2v) is 11.5. The summed E-state index contributed by atoms with van der Waals surface area (Å²) in [6, 6.07) is 1.06. The number of aryl methyl sites for hydroxylation is 1. The summed E-state index contributed by atoms with van der Waals surface area (Å²) >= 11 is 2.03. The van der Waals surface area contributed by atoms with Gasteiger partial charge in [-0.15, -0.1) is 11.3 Å². The third kappa shape index (κ3) is 4.30.